The fourth-order valence-corrected chi connectivity index (χ4v) is 8.96. The maximum absolute atomic E-state index is 9.81. The molecule has 322 valence electrons. The Bertz CT molecular complexity index is 3210. The minimum atomic E-state index is -2.66. The van der Waals surface area contributed by atoms with Gasteiger partial charge in [0.05, 0.1) is 18.6 Å². The van der Waals surface area contributed by atoms with E-state index in [2.05, 4.69) is 108 Å². The first-order chi connectivity index (χ1) is 32.4. The second kappa shape index (κ2) is 18.2. The minimum absolute atomic E-state index is 0. The molecule has 0 unspecified atom stereocenters. The van der Waals surface area contributed by atoms with Gasteiger partial charge in [-0.2, -0.15) is 5.26 Å². The van der Waals surface area contributed by atoms with E-state index in [-0.39, 0.29) is 59.1 Å². The summed E-state index contributed by atoms with van der Waals surface area (Å²) in [7, 11) is 0. The molecule has 4 heterocycles. The molecule has 0 aliphatic carbocycles. The van der Waals surface area contributed by atoms with Crippen molar-refractivity contribution in [2.45, 2.75) is 83.9 Å². The first kappa shape index (κ1) is 40.0. The van der Waals surface area contributed by atoms with Gasteiger partial charge in [-0.15, -0.1) is 90.0 Å². The number of hydrogen-bond acceptors (Lipinski definition) is 5. The van der Waals surface area contributed by atoms with Crippen LogP contribution in [0.25, 0.3) is 55.7 Å². The van der Waals surface area contributed by atoms with E-state index < -0.39 is 6.85 Å². The SMILES string of the molecule is [2H]c1cc2c(oc3c(-c4ccc(C(C)(C)Cc5cc(CC(C)(C)c6ccc(-c7[c-]cccc7)nc6)cc(CC(C)(C)c6ccc(-c7[c-]cccc7)nc6)c5)cn4)[c-]ccc32)c(C([2H])([2H])[2H])c1C#N.[Ir+3]. The number of aromatic nitrogens is 3. The number of furan rings is 1. The largest absolute Gasteiger partial charge is 3.00 e. The van der Waals surface area contributed by atoms with Crippen molar-refractivity contribution >= 4 is 21.9 Å². The molecule has 0 aliphatic heterocycles. The summed E-state index contributed by atoms with van der Waals surface area (Å²) in [6, 6.07) is 52.2. The maximum atomic E-state index is 9.81. The van der Waals surface area contributed by atoms with E-state index in [4.69, 9.17) is 24.9 Å². The van der Waals surface area contributed by atoms with Crippen molar-refractivity contribution in [3.05, 3.63) is 209 Å². The van der Waals surface area contributed by atoms with Crippen LogP contribution in [-0.4, -0.2) is 15.0 Å². The third-order valence-corrected chi connectivity index (χ3v) is 12.5. The monoisotopic (exact) mass is 1030 g/mol. The van der Waals surface area contributed by atoms with Crippen LogP contribution in [0.3, 0.4) is 0 Å². The molecule has 4 aromatic heterocycles. The molecule has 0 saturated heterocycles. The zero-order chi connectivity index (χ0) is 48.0. The van der Waals surface area contributed by atoms with E-state index in [0.717, 1.165) is 47.3 Å². The molecule has 0 saturated carbocycles. The van der Waals surface area contributed by atoms with Gasteiger partial charge in [0.15, 0.2) is 0 Å². The molecule has 5 aromatic carbocycles. The summed E-state index contributed by atoms with van der Waals surface area (Å²) in [5, 5.41) is 10.9. The summed E-state index contributed by atoms with van der Waals surface area (Å²) in [4.78, 5) is 14.7. The fraction of sp³-hybridized carbons (Fsp3) is 0.220. The van der Waals surface area contributed by atoms with E-state index in [0.29, 0.717) is 27.6 Å². The Morgan fingerprint density at radius 3 is 1.48 bits per heavy atom. The van der Waals surface area contributed by atoms with Crippen LogP contribution in [-0.2, 0) is 55.6 Å². The molecule has 6 heteroatoms. The zero-order valence-corrected chi connectivity index (χ0v) is 39.8. The summed E-state index contributed by atoms with van der Waals surface area (Å²) >= 11 is 0. The molecule has 0 aliphatic rings. The quantitative estimate of drug-likeness (QED) is 0.114. The molecule has 5 nitrogen and oxygen atoms in total. The second-order valence-electron chi connectivity index (χ2n) is 18.8. The number of rotatable bonds is 12. The molecule has 0 radical (unpaired) electrons. The van der Waals surface area contributed by atoms with Crippen LogP contribution in [0, 0.1) is 36.4 Å². The van der Waals surface area contributed by atoms with Crippen LogP contribution in [0.1, 0.15) is 91.5 Å². The number of benzene rings is 5. The van der Waals surface area contributed by atoms with Crippen LogP contribution in [0.4, 0.5) is 0 Å². The molecule has 9 rings (SSSR count). The molecule has 0 bridgehead atoms. The van der Waals surface area contributed by atoms with Gasteiger partial charge < -0.3 is 19.4 Å². The van der Waals surface area contributed by atoms with Crippen molar-refractivity contribution in [1.82, 2.24) is 15.0 Å². The average Bonchev–Trinajstić information content (AvgIpc) is 3.68. The second-order valence-corrected chi connectivity index (χ2v) is 18.8. The molecule has 65 heavy (non-hydrogen) atoms. The van der Waals surface area contributed by atoms with E-state index in [9.17, 15) is 5.26 Å². The van der Waals surface area contributed by atoms with E-state index in [1.165, 1.54) is 33.9 Å². The van der Waals surface area contributed by atoms with Gasteiger partial charge in [-0.25, -0.2) is 0 Å². The van der Waals surface area contributed by atoms with Gasteiger partial charge in [0, 0.05) is 33.7 Å². The van der Waals surface area contributed by atoms with Crippen LogP contribution in [0.2, 0.25) is 0 Å². The minimum Gasteiger partial charge on any atom is -0.500 e. The summed E-state index contributed by atoms with van der Waals surface area (Å²) in [6.45, 7) is 11.0. The fourth-order valence-electron chi connectivity index (χ4n) is 8.96. The summed E-state index contributed by atoms with van der Waals surface area (Å²) in [5.74, 6) is 0. The Morgan fingerprint density at radius 1 is 0.585 bits per heavy atom. The molecule has 0 fully saturated rings. The molecular formula is C59H51IrN4O. The molecular weight excluding hydrogens is 973 g/mol. The van der Waals surface area contributed by atoms with Crippen LogP contribution < -0.4 is 0 Å². The predicted molar refractivity (Wildman–Crippen MR) is 259 cm³/mol. The van der Waals surface area contributed by atoms with Crippen LogP contribution >= 0.6 is 0 Å². The molecule has 9 aromatic rings. The van der Waals surface area contributed by atoms with Gasteiger partial charge in [-0.05, 0) is 98.9 Å². The third-order valence-electron chi connectivity index (χ3n) is 12.5. The van der Waals surface area contributed by atoms with Gasteiger partial charge in [0.2, 0.25) is 0 Å². The first-order valence-electron chi connectivity index (χ1n) is 23.7. The summed E-state index contributed by atoms with van der Waals surface area (Å²) < 4.78 is 39.3. The average molecular weight is 1030 g/mol. The smallest absolute Gasteiger partial charge is 0.500 e. The molecule has 0 N–H and O–H groups in total. The van der Waals surface area contributed by atoms with Crippen molar-refractivity contribution in [3.63, 3.8) is 0 Å². The van der Waals surface area contributed by atoms with E-state index in [1.54, 1.807) is 12.1 Å². The number of nitrogens with zero attached hydrogens (tertiary/aromatic N) is 4. The first-order valence-corrected chi connectivity index (χ1v) is 21.7. The maximum Gasteiger partial charge on any atom is 3.00 e. The normalized spacial score (nSPS) is 13.1. The molecule has 0 amide bonds. The van der Waals surface area contributed by atoms with Gasteiger partial charge in [0.25, 0.3) is 0 Å². The van der Waals surface area contributed by atoms with Gasteiger partial charge in [-0.1, -0.05) is 113 Å². The number of aryl methyl sites for hydroxylation is 1. The predicted octanol–water partition coefficient (Wildman–Crippen LogP) is 13.9. The molecule has 0 atom stereocenters. The van der Waals surface area contributed by atoms with Crippen molar-refractivity contribution in [3.8, 4) is 39.8 Å². The van der Waals surface area contributed by atoms with Crippen molar-refractivity contribution in [2.24, 2.45) is 0 Å². The van der Waals surface area contributed by atoms with Crippen molar-refractivity contribution < 1.29 is 30.0 Å². The Labute approximate surface area is 402 Å². The van der Waals surface area contributed by atoms with Crippen molar-refractivity contribution in [2.75, 3.05) is 0 Å². The Kier molecular flexibility index (Phi) is 11.2. The number of hydrogen-bond donors (Lipinski definition) is 0. The zero-order valence-electron chi connectivity index (χ0n) is 41.4. The van der Waals surface area contributed by atoms with Crippen LogP contribution in [0.15, 0.2) is 150 Å². The van der Waals surface area contributed by atoms with Crippen LogP contribution in [0.5, 0.6) is 0 Å². The Hall–Kier alpha value is -6.51. The Morgan fingerprint density at radius 2 is 1.06 bits per heavy atom. The van der Waals surface area contributed by atoms with E-state index >= 15 is 0 Å². The van der Waals surface area contributed by atoms with Gasteiger partial charge >= 0.3 is 20.1 Å². The topological polar surface area (TPSA) is 75.6 Å². The number of nitriles is 1. The van der Waals surface area contributed by atoms with E-state index in [1.807, 2.05) is 79.3 Å². The Balaban J connectivity index is 0.00000642. The van der Waals surface area contributed by atoms with Gasteiger partial charge in [-0.3, -0.25) is 0 Å². The summed E-state index contributed by atoms with van der Waals surface area (Å²) in [5.41, 5.74) is 11.3. The number of pyridine rings is 3. The van der Waals surface area contributed by atoms with Gasteiger partial charge in [0.1, 0.15) is 5.58 Å². The molecule has 0 spiro atoms. The standard InChI is InChI=1S/C59H51N4O.Ir/c1-39-45(35-60)21-25-50-49-19-14-20-51(56(49)64-55(39)50)54-28-24-48(38-63-54)59(6,7)34-42-30-40(32-57(2,3)46-22-26-52(61-36-46)43-15-10-8-11-16-43)29-41(31-42)33-58(4,5)47-23-27-53(62-37-47)44-17-12-9-13-18-44;/h8-15,17,19,21-31,36-38H,32-34H2,1-7H3;/q-3;+3/i1D3,21D;. The van der Waals surface area contributed by atoms with Crippen molar-refractivity contribution in [1.29, 1.82) is 5.26 Å². The third kappa shape index (κ3) is 9.36. The summed E-state index contributed by atoms with van der Waals surface area (Å²) in [6.07, 6.45) is 8.29. The number of fused-ring (bicyclic) bond motifs is 3.